The second-order valence-corrected chi connectivity index (χ2v) is 5.03. The van der Waals surface area contributed by atoms with E-state index in [1.165, 1.54) is 32.1 Å². The van der Waals surface area contributed by atoms with Crippen molar-refractivity contribution in [3.05, 3.63) is 0 Å². The Morgan fingerprint density at radius 1 is 1.20 bits per heavy atom. The number of rotatable bonds is 7. The van der Waals surface area contributed by atoms with Crippen LogP contribution in [0.2, 0.25) is 0 Å². The van der Waals surface area contributed by atoms with Crippen LogP contribution in [0.3, 0.4) is 0 Å². The van der Waals surface area contributed by atoms with Crippen LogP contribution in [0.5, 0.6) is 0 Å². The molecule has 1 fully saturated rings. The van der Waals surface area contributed by atoms with Crippen LogP contribution in [-0.2, 0) is 4.74 Å². The van der Waals surface area contributed by atoms with E-state index in [0.29, 0.717) is 4.99 Å². The number of ether oxygens (including phenoxy) is 1. The lowest BCUT2D eigenvalue weighted by atomic mass is 9.90. The van der Waals surface area contributed by atoms with Gasteiger partial charge in [0, 0.05) is 13.2 Å². The minimum atomic E-state index is 0.627. The smallest absolute Gasteiger partial charge is 0.0727 e. The molecule has 1 rings (SSSR count). The SMILES string of the molecule is NC(=S)CCCCOCC1CCCCC1. The molecule has 1 aliphatic rings. The summed E-state index contributed by atoms with van der Waals surface area (Å²) in [6.07, 6.45) is 9.97. The van der Waals surface area contributed by atoms with E-state index in [0.717, 1.165) is 38.4 Å². The van der Waals surface area contributed by atoms with Crippen LogP contribution in [0.25, 0.3) is 0 Å². The largest absolute Gasteiger partial charge is 0.393 e. The van der Waals surface area contributed by atoms with E-state index in [1.807, 2.05) is 0 Å². The van der Waals surface area contributed by atoms with Gasteiger partial charge in [-0.1, -0.05) is 31.5 Å². The fourth-order valence-electron chi connectivity index (χ4n) is 2.11. The van der Waals surface area contributed by atoms with Gasteiger partial charge in [-0.05, 0) is 38.0 Å². The molecule has 1 aliphatic carbocycles. The Hall–Kier alpha value is -0.150. The van der Waals surface area contributed by atoms with E-state index in [-0.39, 0.29) is 0 Å². The molecule has 0 heterocycles. The number of unbranched alkanes of at least 4 members (excludes halogenated alkanes) is 1. The Balaban J connectivity index is 1.85. The molecule has 1 saturated carbocycles. The van der Waals surface area contributed by atoms with Gasteiger partial charge in [0.1, 0.15) is 0 Å². The third-order valence-electron chi connectivity index (χ3n) is 3.04. The van der Waals surface area contributed by atoms with Crippen molar-refractivity contribution >= 4 is 17.2 Å². The highest BCUT2D eigenvalue weighted by atomic mass is 32.1. The van der Waals surface area contributed by atoms with Gasteiger partial charge in [0.25, 0.3) is 0 Å². The first kappa shape index (κ1) is 12.9. The summed E-state index contributed by atoms with van der Waals surface area (Å²) in [5, 5.41) is 0. The van der Waals surface area contributed by atoms with Gasteiger partial charge in [0.05, 0.1) is 4.99 Å². The molecule has 0 aromatic carbocycles. The molecule has 88 valence electrons. The first-order valence-electron chi connectivity index (χ1n) is 6.15. The van der Waals surface area contributed by atoms with Gasteiger partial charge in [-0.25, -0.2) is 0 Å². The fraction of sp³-hybridized carbons (Fsp3) is 0.917. The molecule has 3 heteroatoms. The summed E-state index contributed by atoms with van der Waals surface area (Å²) in [6, 6.07) is 0. The van der Waals surface area contributed by atoms with Gasteiger partial charge in [-0.2, -0.15) is 0 Å². The molecule has 0 unspecified atom stereocenters. The van der Waals surface area contributed by atoms with Crippen molar-refractivity contribution in [2.45, 2.75) is 51.4 Å². The highest BCUT2D eigenvalue weighted by molar-refractivity contribution is 7.80. The molecule has 0 radical (unpaired) electrons. The van der Waals surface area contributed by atoms with E-state index in [4.69, 9.17) is 22.7 Å². The normalized spacial score (nSPS) is 17.9. The maximum atomic E-state index is 5.67. The average Bonchev–Trinajstić information content (AvgIpc) is 2.24. The quantitative estimate of drug-likeness (QED) is 0.538. The van der Waals surface area contributed by atoms with E-state index < -0.39 is 0 Å². The summed E-state index contributed by atoms with van der Waals surface area (Å²) in [5.74, 6) is 0.828. The van der Waals surface area contributed by atoms with Crippen LogP contribution < -0.4 is 5.73 Å². The maximum absolute atomic E-state index is 5.67. The lowest BCUT2D eigenvalue weighted by Crippen LogP contribution is -2.14. The molecule has 2 nitrogen and oxygen atoms in total. The van der Waals surface area contributed by atoms with Gasteiger partial charge in [0.15, 0.2) is 0 Å². The van der Waals surface area contributed by atoms with Crippen LogP contribution >= 0.6 is 12.2 Å². The number of hydrogen-bond acceptors (Lipinski definition) is 2. The molecule has 0 aromatic rings. The number of nitrogens with two attached hydrogens (primary N) is 1. The van der Waals surface area contributed by atoms with Crippen molar-refractivity contribution in [2.24, 2.45) is 11.7 Å². The third kappa shape index (κ3) is 6.85. The van der Waals surface area contributed by atoms with Gasteiger partial charge in [-0.3, -0.25) is 0 Å². The Labute approximate surface area is 98.6 Å². The van der Waals surface area contributed by atoms with E-state index in [9.17, 15) is 0 Å². The molecular weight excluding hydrogens is 206 g/mol. The summed E-state index contributed by atoms with van der Waals surface area (Å²) < 4.78 is 5.67. The number of thiocarbonyl (C=S) groups is 1. The Morgan fingerprint density at radius 3 is 2.60 bits per heavy atom. The van der Waals surface area contributed by atoms with Gasteiger partial charge < -0.3 is 10.5 Å². The van der Waals surface area contributed by atoms with Crippen molar-refractivity contribution < 1.29 is 4.74 Å². The van der Waals surface area contributed by atoms with Gasteiger partial charge in [-0.15, -0.1) is 0 Å². The Kier molecular flexibility index (Phi) is 6.94. The van der Waals surface area contributed by atoms with E-state index in [2.05, 4.69) is 0 Å². The van der Waals surface area contributed by atoms with Crippen LogP contribution in [0.15, 0.2) is 0 Å². The Bertz CT molecular complexity index is 178. The van der Waals surface area contributed by atoms with E-state index in [1.54, 1.807) is 0 Å². The minimum Gasteiger partial charge on any atom is -0.393 e. The fourth-order valence-corrected chi connectivity index (χ4v) is 2.25. The van der Waals surface area contributed by atoms with E-state index >= 15 is 0 Å². The predicted molar refractivity (Wildman–Crippen MR) is 68.0 cm³/mol. The minimum absolute atomic E-state index is 0.627. The molecule has 0 saturated heterocycles. The molecule has 0 atom stereocenters. The predicted octanol–water partition coefficient (Wildman–Crippen LogP) is 3.04. The highest BCUT2D eigenvalue weighted by Gasteiger charge is 2.12. The van der Waals surface area contributed by atoms with Crippen molar-refractivity contribution in [1.82, 2.24) is 0 Å². The first-order valence-corrected chi connectivity index (χ1v) is 6.56. The maximum Gasteiger partial charge on any atom is 0.0727 e. The van der Waals surface area contributed by atoms with Gasteiger partial charge >= 0.3 is 0 Å². The van der Waals surface area contributed by atoms with Crippen LogP contribution in [-0.4, -0.2) is 18.2 Å². The second kappa shape index (κ2) is 8.05. The van der Waals surface area contributed by atoms with Gasteiger partial charge in [0.2, 0.25) is 0 Å². The van der Waals surface area contributed by atoms with Crippen molar-refractivity contribution in [2.75, 3.05) is 13.2 Å². The zero-order valence-electron chi connectivity index (χ0n) is 9.54. The van der Waals surface area contributed by atoms with Crippen LogP contribution in [0, 0.1) is 5.92 Å². The average molecular weight is 229 g/mol. The highest BCUT2D eigenvalue weighted by Crippen LogP contribution is 2.23. The third-order valence-corrected chi connectivity index (χ3v) is 3.24. The summed E-state index contributed by atoms with van der Waals surface area (Å²) in [6.45, 7) is 1.84. The molecule has 0 amide bonds. The van der Waals surface area contributed by atoms with Crippen LogP contribution in [0.4, 0.5) is 0 Å². The molecule has 2 N–H and O–H groups in total. The summed E-state index contributed by atoms with van der Waals surface area (Å²) in [7, 11) is 0. The van der Waals surface area contributed by atoms with Crippen LogP contribution in [0.1, 0.15) is 51.4 Å². The lowest BCUT2D eigenvalue weighted by Gasteiger charge is -2.21. The molecule has 0 spiro atoms. The summed E-state index contributed by atoms with van der Waals surface area (Å²) in [4.78, 5) is 0.627. The topological polar surface area (TPSA) is 35.2 Å². The summed E-state index contributed by atoms with van der Waals surface area (Å²) >= 11 is 4.81. The van der Waals surface area contributed by atoms with Crippen molar-refractivity contribution in [3.8, 4) is 0 Å². The zero-order chi connectivity index (χ0) is 10.9. The Morgan fingerprint density at radius 2 is 1.93 bits per heavy atom. The standard InChI is InChI=1S/C12H23NOS/c13-12(15)8-4-5-9-14-10-11-6-2-1-3-7-11/h11H,1-10H2,(H2,13,15). The molecule has 0 aliphatic heterocycles. The monoisotopic (exact) mass is 229 g/mol. The first-order chi connectivity index (χ1) is 7.29. The zero-order valence-corrected chi connectivity index (χ0v) is 10.4. The van der Waals surface area contributed by atoms with Crippen molar-refractivity contribution in [1.29, 1.82) is 0 Å². The van der Waals surface area contributed by atoms with Crippen molar-refractivity contribution in [3.63, 3.8) is 0 Å². The second-order valence-electron chi connectivity index (χ2n) is 4.50. The number of hydrogen-bond donors (Lipinski definition) is 1. The molecular formula is C12H23NOS. The molecule has 15 heavy (non-hydrogen) atoms. The molecule has 0 bridgehead atoms. The lowest BCUT2D eigenvalue weighted by molar-refractivity contribution is 0.0830. The molecule has 0 aromatic heterocycles. The summed E-state index contributed by atoms with van der Waals surface area (Å²) in [5.41, 5.74) is 5.41.